The van der Waals surface area contributed by atoms with Crippen molar-refractivity contribution in [2.75, 3.05) is 0 Å². The Hall–Kier alpha value is -0.340. The van der Waals surface area contributed by atoms with Crippen LogP contribution in [0.3, 0.4) is 0 Å². The van der Waals surface area contributed by atoms with Crippen LogP contribution in [0.25, 0.3) is 0 Å². The van der Waals surface area contributed by atoms with Gasteiger partial charge in [0.25, 0.3) is 0 Å². The van der Waals surface area contributed by atoms with E-state index in [4.69, 9.17) is 4.74 Å². The van der Waals surface area contributed by atoms with E-state index in [-0.39, 0.29) is 11.1 Å². The first kappa shape index (κ1) is 9.75. The van der Waals surface area contributed by atoms with Crippen molar-refractivity contribution in [2.24, 2.45) is 0 Å². The van der Waals surface area contributed by atoms with Crippen molar-refractivity contribution in [3.63, 3.8) is 0 Å². The predicted molar refractivity (Wildman–Crippen MR) is 54.3 cm³/mol. The number of alkyl halides is 1. The first-order chi connectivity index (χ1) is 5.70. The molecule has 0 radical (unpaired) electrons. The lowest BCUT2D eigenvalue weighted by molar-refractivity contribution is 0.0597. The average Bonchev–Trinajstić information content (AvgIpc) is 2.05. The summed E-state index contributed by atoms with van der Waals surface area (Å²) in [5, 5.41) is 0.104. The van der Waals surface area contributed by atoms with Crippen LogP contribution in [-0.2, 0) is 4.74 Å². The van der Waals surface area contributed by atoms with Crippen molar-refractivity contribution in [1.82, 2.24) is 0 Å². The molecule has 0 bridgehead atoms. The van der Waals surface area contributed by atoms with Crippen LogP contribution in [0.1, 0.15) is 25.5 Å². The van der Waals surface area contributed by atoms with E-state index in [1.807, 2.05) is 32.0 Å². The Kier molecular flexibility index (Phi) is 3.76. The highest BCUT2D eigenvalue weighted by Gasteiger charge is 2.06. The van der Waals surface area contributed by atoms with E-state index in [9.17, 15) is 0 Å². The van der Waals surface area contributed by atoms with Crippen molar-refractivity contribution in [3.05, 3.63) is 35.9 Å². The van der Waals surface area contributed by atoms with Gasteiger partial charge >= 0.3 is 0 Å². The van der Waals surface area contributed by atoms with E-state index in [2.05, 4.69) is 28.1 Å². The second-order valence-corrected chi connectivity index (χ2v) is 4.02. The fraction of sp³-hybridized carbons (Fsp3) is 0.400. The quantitative estimate of drug-likeness (QED) is 0.720. The Morgan fingerprint density at radius 2 is 1.75 bits per heavy atom. The minimum Gasteiger partial charge on any atom is -0.360 e. The van der Waals surface area contributed by atoms with Gasteiger partial charge in [-0.1, -0.05) is 46.3 Å². The molecule has 1 rings (SSSR count). The summed E-state index contributed by atoms with van der Waals surface area (Å²) in [6, 6.07) is 10.2. The molecule has 0 N–H and O–H groups in total. The monoisotopic (exact) mass is 228 g/mol. The first-order valence-corrected chi connectivity index (χ1v) is 4.96. The molecular formula is C10H13BrO. The van der Waals surface area contributed by atoms with Gasteiger partial charge in [-0.25, -0.2) is 0 Å². The van der Waals surface area contributed by atoms with Gasteiger partial charge in [0.05, 0.1) is 6.10 Å². The summed E-state index contributed by atoms with van der Waals surface area (Å²) in [5.74, 6) is 0. The van der Waals surface area contributed by atoms with Gasteiger partial charge < -0.3 is 4.74 Å². The zero-order valence-electron chi connectivity index (χ0n) is 7.33. The number of ether oxygens (including phenoxy) is 1. The average molecular weight is 229 g/mol. The molecule has 0 saturated heterocycles. The molecule has 1 nitrogen and oxygen atoms in total. The molecule has 0 fully saturated rings. The van der Waals surface area contributed by atoms with Gasteiger partial charge in [-0.15, -0.1) is 0 Å². The minimum absolute atomic E-state index is 0.104. The fourth-order valence-corrected chi connectivity index (χ4v) is 1.41. The summed E-state index contributed by atoms with van der Waals surface area (Å²) >= 11 is 3.35. The van der Waals surface area contributed by atoms with Gasteiger partial charge in [0.1, 0.15) is 5.01 Å². The van der Waals surface area contributed by atoms with Crippen LogP contribution in [0.4, 0.5) is 0 Å². The molecule has 0 aliphatic carbocycles. The van der Waals surface area contributed by atoms with Crippen molar-refractivity contribution < 1.29 is 4.74 Å². The predicted octanol–water partition coefficient (Wildman–Crippen LogP) is 3.51. The number of hydrogen-bond acceptors (Lipinski definition) is 1. The lowest BCUT2D eigenvalue weighted by Gasteiger charge is -2.14. The van der Waals surface area contributed by atoms with E-state index >= 15 is 0 Å². The number of hydrogen-bond donors (Lipinski definition) is 0. The molecule has 2 heteroatoms. The zero-order valence-corrected chi connectivity index (χ0v) is 8.91. The topological polar surface area (TPSA) is 9.23 Å². The molecule has 0 aliphatic rings. The summed E-state index contributed by atoms with van der Waals surface area (Å²) in [5.41, 5.74) is 1.21. The molecule has 0 aliphatic heterocycles. The Morgan fingerprint density at radius 1 is 1.17 bits per heavy atom. The van der Waals surface area contributed by atoms with Crippen LogP contribution >= 0.6 is 15.9 Å². The highest BCUT2D eigenvalue weighted by atomic mass is 79.9. The van der Waals surface area contributed by atoms with Crippen LogP contribution in [0.5, 0.6) is 0 Å². The van der Waals surface area contributed by atoms with E-state index < -0.39 is 0 Å². The van der Waals surface area contributed by atoms with Crippen LogP contribution < -0.4 is 0 Å². The highest BCUT2D eigenvalue weighted by molar-refractivity contribution is 9.09. The van der Waals surface area contributed by atoms with E-state index in [0.29, 0.717) is 0 Å². The van der Waals surface area contributed by atoms with Crippen LogP contribution in [0.15, 0.2) is 30.3 Å². The Morgan fingerprint density at radius 3 is 2.25 bits per heavy atom. The third kappa shape index (κ3) is 2.95. The van der Waals surface area contributed by atoms with Gasteiger partial charge in [0.2, 0.25) is 0 Å². The van der Waals surface area contributed by atoms with E-state index in [1.54, 1.807) is 0 Å². The molecule has 12 heavy (non-hydrogen) atoms. The number of rotatable bonds is 3. The summed E-state index contributed by atoms with van der Waals surface area (Å²) in [4.78, 5) is 0. The van der Waals surface area contributed by atoms with Crippen molar-refractivity contribution in [3.8, 4) is 0 Å². The molecule has 66 valence electrons. The van der Waals surface area contributed by atoms with Crippen molar-refractivity contribution in [2.45, 2.75) is 25.0 Å². The van der Waals surface area contributed by atoms with Crippen LogP contribution in [-0.4, -0.2) is 5.01 Å². The molecule has 1 aromatic rings. The van der Waals surface area contributed by atoms with Gasteiger partial charge in [-0.05, 0) is 19.4 Å². The summed E-state index contributed by atoms with van der Waals surface area (Å²) in [7, 11) is 0. The van der Waals surface area contributed by atoms with Crippen molar-refractivity contribution in [1.29, 1.82) is 0 Å². The standard InChI is InChI=1S/C10H13BrO/c1-8(12-9(2)11)10-6-4-3-5-7-10/h3-9H,1-2H3. The van der Waals surface area contributed by atoms with E-state index in [1.165, 1.54) is 5.56 Å². The second-order valence-electron chi connectivity index (χ2n) is 2.73. The molecule has 0 amide bonds. The van der Waals surface area contributed by atoms with Crippen molar-refractivity contribution >= 4 is 15.9 Å². The van der Waals surface area contributed by atoms with Gasteiger partial charge in [-0.3, -0.25) is 0 Å². The Labute approximate surface area is 81.9 Å². The van der Waals surface area contributed by atoms with Gasteiger partial charge in [0.15, 0.2) is 0 Å². The molecule has 0 heterocycles. The molecule has 2 atom stereocenters. The van der Waals surface area contributed by atoms with Gasteiger partial charge in [-0.2, -0.15) is 0 Å². The zero-order chi connectivity index (χ0) is 8.97. The van der Waals surface area contributed by atoms with Crippen LogP contribution in [0.2, 0.25) is 0 Å². The summed E-state index contributed by atoms with van der Waals surface area (Å²) < 4.78 is 5.55. The minimum atomic E-state index is 0.104. The van der Waals surface area contributed by atoms with E-state index in [0.717, 1.165) is 0 Å². The third-order valence-corrected chi connectivity index (χ3v) is 1.88. The maximum Gasteiger partial charge on any atom is 0.110 e. The fourth-order valence-electron chi connectivity index (χ4n) is 1.08. The molecule has 0 spiro atoms. The lowest BCUT2D eigenvalue weighted by atomic mass is 10.1. The second kappa shape index (κ2) is 4.63. The smallest absolute Gasteiger partial charge is 0.110 e. The molecular weight excluding hydrogens is 216 g/mol. The Balaban J connectivity index is 2.59. The summed E-state index contributed by atoms with van der Waals surface area (Å²) in [6.07, 6.45) is 0.153. The molecule has 1 aromatic carbocycles. The lowest BCUT2D eigenvalue weighted by Crippen LogP contribution is -2.04. The number of halogens is 1. The molecule has 2 unspecified atom stereocenters. The Bertz CT molecular complexity index is 221. The third-order valence-electron chi connectivity index (χ3n) is 1.66. The maximum absolute atomic E-state index is 5.55. The maximum atomic E-state index is 5.55. The molecule has 0 saturated carbocycles. The largest absolute Gasteiger partial charge is 0.360 e. The molecule has 0 aromatic heterocycles. The normalized spacial score (nSPS) is 15.6. The number of benzene rings is 1. The van der Waals surface area contributed by atoms with Gasteiger partial charge in [0, 0.05) is 0 Å². The summed E-state index contributed by atoms with van der Waals surface area (Å²) in [6.45, 7) is 4.02. The SMILES string of the molecule is CC(Br)OC(C)c1ccccc1. The highest BCUT2D eigenvalue weighted by Crippen LogP contribution is 2.19. The first-order valence-electron chi connectivity index (χ1n) is 4.04. The van der Waals surface area contributed by atoms with Crippen LogP contribution in [0, 0.1) is 0 Å².